The van der Waals surface area contributed by atoms with Crippen molar-refractivity contribution in [2.45, 2.75) is 113 Å². The summed E-state index contributed by atoms with van der Waals surface area (Å²) in [5, 5.41) is 9.76. The standard InChI is InChI=1S/C37H47N5O8S/c1-36(2,3)50-35(47)39-29-14-8-6-4-5-7-13-26-21-37(26,34(46)41-51(48,49)28-17-18-28)40-32(44)30-20-27(22-42(30)33(29)45)38-31(43)25-16-15-23-11-9-10-12-24(23)19-25/h7,9-13,15-16,19,26-30H,4-6,8,14,17-18,20-22H2,1-3H3,(H,38,43)(H,39,47)(H,40,44)(H,41,46)/b13-7-/t26-,27+,29-,30-,37+/m0/s1. The number of carbonyl (C=O) groups is 5. The van der Waals surface area contributed by atoms with Crippen LogP contribution in [-0.2, 0) is 29.1 Å². The van der Waals surface area contributed by atoms with Gasteiger partial charge < -0.3 is 25.6 Å². The number of alkyl carbamates (subject to hydrolysis) is 1. The van der Waals surface area contributed by atoms with Crippen LogP contribution in [0.3, 0.4) is 0 Å². The number of nitrogens with zero attached hydrogens (tertiary/aromatic N) is 1. The van der Waals surface area contributed by atoms with Gasteiger partial charge in [0.05, 0.1) is 5.25 Å². The molecule has 0 unspecified atom stereocenters. The minimum Gasteiger partial charge on any atom is -0.444 e. The third kappa shape index (κ3) is 8.54. The number of amides is 5. The number of nitrogens with one attached hydrogen (secondary N) is 4. The molecule has 13 nitrogen and oxygen atoms in total. The summed E-state index contributed by atoms with van der Waals surface area (Å²) < 4.78 is 33.2. The Bertz CT molecular complexity index is 1850. The van der Waals surface area contributed by atoms with E-state index in [0.717, 1.165) is 23.6 Å². The van der Waals surface area contributed by atoms with Crippen LogP contribution in [0, 0.1) is 5.92 Å². The maximum atomic E-state index is 14.3. The average Bonchev–Trinajstić information content (AvgIpc) is 3.99. The molecular formula is C37H47N5O8S. The molecule has 2 saturated carbocycles. The van der Waals surface area contributed by atoms with Gasteiger partial charge in [-0.1, -0.05) is 55.3 Å². The van der Waals surface area contributed by atoms with E-state index in [-0.39, 0.29) is 25.3 Å². The van der Waals surface area contributed by atoms with Crippen LogP contribution in [0.2, 0.25) is 0 Å². The highest BCUT2D eigenvalue weighted by atomic mass is 32.2. The highest BCUT2D eigenvalue weighted by molar-refractivity contribution is 7.91. The van der Waals surface area contributed by atoms with Gasteiger partial charge in [-0.05, 0) is 88.6 Å². The Morgan fingerprint density at radius 3 is 2.43 bits per heavy atom. The quantitative estimate of drug-likeness (QED) is 0.328. The van der Waals surface area contributed by atoms with Crippen LogP contribution >= 0.6 is 0 Å². The lowest BCUT2D eigenvalue weighted by Gasteiger charge is -2.30. The second-order valence-electron chi connectivity index (χ2n) is 15.2. The Labute approximate surface area is 298 Å². The third-order valence-electron chi connectivity index (χ3n) is 9.92. The zero-order chi connectivity index (χ0) is 36.6. The van der Waals surface area contributed by atoms with Gasteiger partial charge in [-0.3, -0.25) is 23.9 Å². The maximum Gasteiger partial charge on any atom is 0.408 e. The lowest BCUT2D eigenvalue weighted by molar-refractivity contribution is -0.141. The lowest BCUT2D eigenvalue weighted by atomic mass is 10.0. The number of fused-ring (bicyclic) bond motifs is 3. The molecule has 14 heteroatoms. The van der Waals surface area contributed by atoms with Gasteiger partial charge in [0.1, 0.15) is 23.2 Å². The van der Waals surface area contributed by atoms with Crippen molar-refractivity contribution in [2.75, 3.05) is 6.54 Å². The molecule has 0 spiro atoms. The second kappa shape index (κ2) is 14.3. The Hall–Kier alpha value is -4.46. The van der Waals surface area contributed by atoms with E-state index in [2.05, 4.69) is 20.7 Å². The van der Waals surface area contributed by atoms with Gasteiger partial charge in [-0.25, -0.2) is 13.2 Å². The molecule has 0 radical (unpaired) electrons. The van der Waals surface area contributed by atoms with E-state index >= 15 is 0 Å². The number of benzene rings is 2. The molecule has 6 rings (SSSR count). The van der Waals surface area contributed by atoms with Gasteiger partial charge in [0.25, 0.3) is 11.8 Å². The molecule has 2 aromatic rings. The van der Waals surface area contributed by atoms with Crippen LogP contribution in [-0.4, -0.2) is 84.1 Å². The number of carbonyl (C=O) groups excluding carboxylic acids is 5. The molecule has 2 heterocycles. The third-order valence-corrected chi connectivity index (χ3v) is 11.7. The molecular weight excluding hydrogens is 675 g/mol. The summed E-state index contributed by atoms with van der Waals surface area (Å²) in [7, 11) is -3.89. The lowest BCUT2D eigenvalue weighted by Crippen LogP contribution is -2.58. The smallest absolute Gasteiger partial charge is 0.408 e. The first-order valence-corrected chi connectivity index (χ1v) is 19.3. The molecule has 2 aromatic carbocycles. The highest BCUT2D eigenvalue weighted by Gasteiger charge is 2.62. The zero-order valence-corrected chi connectivity index (χ0v) is 30.1. The van der Waals surface area contributed by atoms with Crippen LogP contribution in [0.4, 0.5) is 4.79 Å². The van der Waals surface area contributed by atoms with Crippen molar-refractivity contribution in [1.82, 2.24) is 25.6 Å². The summed E-state index contributed by atoms with van der Waals surface area (Å²) in [4.78, 5) is 69.9. The summed E-state index contributed by atoms with van der Waals surface area (Å²) in [6.07, 6.45) is 7.33. The molecule has 3 fully saturated rings. The molecule has 4 N–H and O–H groups in total. The average molecular weight is 722 g/mol. The van der Waals surface area contributed by atoms with Gasteiger partial charge in [-0.2, -0.15) is 0 Å². The van der Waals surface area contributed by atoms with E-state index < -0.39 is 74.3 Å². The summed E-state index contributed by atoms with van der Waals surface area (Å²) in [5.41, 5.74) is -1.90. The van der Waals surface area contributed by atoms with Gasteiger partial charge in [0.2, 0.25) is 21.8 Å². The van der Waals surface area contributed by atoms with Crippen molar-refractivity contribution in [1.29, 1.82) is 0 Å². The van der Waals surface area contributed by atoms with E-state index in [9.17, 15) is 32.4 Å². The summed E-state index contributed by atoms with van der Waals surface area (Å²) in [6, 6.07) is 10.2. The van der Waals surface area contributed by atoms with Crippen molar-refractivity contribution in [3.05, 3.63) is 60.2 Å². The Kier molecular flexibility index (Phi) is 10.2. The molecule has 0 bridgehead atoms. The monoisotopic (exact) mass is 721 g/mol. The molecule has 2 aliphatic carbocycles. The van der Waals surface area contributed by atoms with Crippen LogP contribution in [0.15, 0.2) is 54.6 Å². The van der Waals surface area contributed by atoms with Crippen LogP contribution in [0.1, 0.15) is 88.9 Å². The summed E-state index contributed by atoms with van der Waals surface area (Å²) in [6.45, 7) is 5.13. The minimum atomic E-state index is -3.89. The number of sulfonamides is 1. The van der Waals surface area contributed by atoms with Crippen molar-refractivity contribution in [3.8, 4) is 0 Å². The molecule has 4 aliphatic rings. The first-order chi connectivity index (χ1) is 24.1. The predicted octanol–water partition coefficient (Wildman–Crippen LogP) is 3.44. The maximum absolute atomic E-state index is 14.3. The number of rotatable bonds is 6. The van der Waals surface area contributed by atoms with Crippen molar-refractivity contribution < 1.29 is 37.1 Å². The Morgan fingerprint density at radius 2 is 1.71 bits per heavy atom. The van der Waals surface area contributed by atoms with Crippen molar-refractivity contribution in [3.63, 3.8) is 0 Å². The van der Waals surface area contributed by atoms with Crippen LogP contribution in [0.5, 0.6) is 0 Å². The Balaban J connectivity index is 1.27. The Morgan fingerprint density at radius 1 is 0.961 bits per heavy atom. The molecule has 2 aliphatic heterocycles. The molecule has 1 saturated heterocycles. The molecule has 51 heavy (non-hydrogen) atoms. The molecule has 5 amide bonds. The number of hydrogen-bond donors (Lipinski definition) is 4. The first kappa shape index (κ1) is 36.3. The molecule has 0 aromatic heterocycles. The number of allylic oxidation sites excluding steroid dienone is 1. The largest absolute Gasteiger partial charge is 0.444 e. The normalized spacial score (nSPS) is 27.9. The number of ether oxygens (including phenoxy) is 1. The summed E-state index contributed by atoms with van der Waals surface area (Å²) in [5.74, 6) is -2.77. The topological polar surface area (TPSA) is 180 Å². The van der Waals surface area contributed by atoms with Crippen LogP contribution < -0.4 is 20.7 Å². The molecule has 274 valence electrons. The van der Waals surface area contributed by atoms with Gasteiger partial charge in [-0.15, -0.1) is 0 Å². The van der Waals surface area contributed by atoms with E-state index in [4.69, 9.17) is 4.74 Å². The highest BCUT2D eigenvalue weighted by Crippen LogP contribution is 2.46. The molecule has 5 atom stereocenters. The minimum absolute atomic E-state index is 0.0265. The van der Waals surface area contributed by atoms with Gasteiger partial charge in [0, 0.05) is 24.1 Å². The zero-order valence-electron chi connectivity index (χ0n) is 29.3. The second-order valence-corrected chi connectivity index (χ2v) is 17.1. The van der Waals surface area contributed by atoms with Crippen LogP contribution in [0.25, 0.3) is 10.8 Å². The van der Waals surface area contributed by atoms with E-state index in [1.54, 1.807) is 32.9 Å². The predicted molar refractivity (Wildman–Crippen MR) is 190 cm³/mol. The number of hydrogen-bond acceptors (Lipinski definition) is 8. The van der Waals surface area contributed by atoms with E-state index in [1.807, 2.05) is 42.5 Å². The van der Waals surface area contributed by atoms with E-state index in [0.29, 0.717) is 37.7 Å². The fourth-order valence-electron chi connectivity index (χ4n) is 6.95. The first-order valence-electron chi connectivity index (χ1n) is 17.8. The SMILES string of the molecule is CC(C)(C)OC(=O)N[C@H]1CCCCC/C=C\[C@H]2C[C@@]2(C(=O)NS(=O)(=O)C2CC2)NC(=O)[C@@H]2C[C@@H](NC(=O)c3ccc4ccccc4c3)CN2C1=O. The summed E-state index contributed by atoms with van der Waals surface area (Å²) >= 11 is 0. The van der Waals surface area contributed by atoms with Crippen molar-refractivity contribution in [2.24, 2.45) is 5.92 Å². The fourth-order valence-corrected chi connectivity index (χ4v) is 8.32. The fraction of sp³-hybridized carbons (Fsp3) is 0.541. The van der Waals surface area contributed by atoms with Gasteiger partial charge in [0.15, 0.2) is 0 Å². The van der Waals surface area contributed by atoms with E-state index in [1.165, 1.54) is 4.90 Å². The van der Waals surface area contributed by atoms with Gasteiger partial charge >= 0.3 is 6.09 Å². The van der Waals surface area contributed by atoms with Crippen molar-refractivity contribution >= 4 is 50.5 Å².